The monoisotopic (exact) mass is 200 g/mol. The third-order valence-corrected chi connectivity index (χ3v) is 2.25. The normalized spacial score (nSPS) is 9.13. The first kappa shape index (κ1) is 11.3. The molecule has 1 N–H and O–H groups in total. The number of nitrogens with one attached hydrogen (secondary N) is 1. The van der Waals surface area contributed by atoms with Crippen molar-refractivity contribution < 1.29 is 0 Å². The molecule has 0 saturated heterocycles. The van der Waals surface area contributed by atoms with E-state index in [2.05, 4.69) is 18.0 Å². The summed E-state index contributed by atoms with van der Waals surface area (Å²) in [4.78, 5) is 3.10. The SMILES string of the molecule is CCCc1c[nH]cccc(C#N)cc1C. The van der Waals surface area contributed by atoms with Gasteiger partial charge in [0.1, 0.15) is 0 Å². The van der Waals surface area contributed by atoms with Crippen molar-refractivity contribution in [2.24, 2.45) is 0 Å². The summed E-state index contributed by atoms with van der Waals surface area (Å²) in [5, 5.41) is 8.90. The fourth-order valence-electron chi connectivity index (χ4n) is 1.45. The molecule has 1 aromatic heterocycles. The van der Waals surface area contributed by atoms with E-state index in [0.29, 0.717) is 5.56 Å². The number of nitrogens with zero attached hydrogens (tertiary/aromatic N) is 1. The third kappa shape index (κ3) is 3.47. The molecule has 1 aromatic rings. The van der Waals surface area contributed by atoms with Crippen LogP contribution in [0.5, 0.6) is 0 Å². The van der Waals surface area contributed by atoms with Crippen LogP contribution in [0.1, 0.15) is 30.0 Å². The molecule has 0 spiro atoms. The number of aromatic amines is 1. The van der Waals surface area contributed by atoms with Gasteiger partial charge in [-0.15, -0.1) is 0 Å². The molecule has 15 heavy (non-hydrogen) atoms. The predicted octanol–water partition coefficient (Wildman–Crippen LogP) is 3.27. The summed E-state index contributed by atoms with van der Waals surface area (Å²) >= 11 is 0. The van der Waals surface area contributed by atoms with Crippen LogP contribution in [0.15, 0.2) is 30.6 Å². The molecule has 1 heterocycles. The summed E-state index contributed by atoms with van der Waals surface area (Å²) in [6.07, 6.45) is 5.97. The number of aryl methyl sites for hydroxylation is 2. The van der Waals surface area contributed by atoms with Crippen LogP contribution in [0.4, 0.5) is 0 Å². The molecule has 0 bridgehead atoms. The molecular weight excluding hydrogens is 184 g/mol. The molecule has 0 fully saturated rings. The molecule has 0 saturated carbocycles. The zero-order valence-corrected chi connectivity index (χ0v) is 9.25. The average Bonchev–Trinajstić information content (AvgIpc) is 2.32. The van der Waals surface area contributed by atoms with E-state index < -0.39 is 0 Å². The zero-order valence-electron chi connectivity index (χ0n) is 9.25. The van der Waals surface area contributed by atoms with Gasteiger partial charge in [-0.3, -0.25) is 0 Å². The Hall–Kier alpha value is -1.75. The van der Waals surface area contributed by atoms with Crippen LogP contribution < -0.4 is 0 Å². The van der Waals surface area contributed by atoms with Gasteiger partial charge in [0, 0.05) is 12.4 Å². The van der Waals surface area contributed by atoms with Crippen molar-refractivity contribution in [1.82, 2.24) is 4.98 Å². The van der Waals surface area contributed by atoms with Crippen molar-refractivity contribution in [1.29, 1.82) is 5.26 Å². The summed E-state index contributed by atoms with van der Waals surface area (Å²) in [5.74, 6) is 0. The Morgan fingerprint density at radius 2 is 2.27 bits per heavy atom. The van der Waals surface area contributed by atoms with Crippen molar-refractivity contribution in [2.45, 2.75) is 26.7 Å². The second-order valence-electron chi connectivity index (χ2n) is 3.51. The Morgan fingerprint density at radius 3 is 2.93 bits per heavy atom. The number of rotatable bonds is 2. The zero-order chi connectivity index (χ0) is 11.1. The highest BCUT2D eigenvalue weighted by Gasteiger charge is 1.94. The minimum Gasteiger partial charge on any atom is -0.367 e. The largest absolute Gasteiger partial charge is 0.367 e. The van der Waals surface area contributed by atoms with E-state index in [0.717, 1.165) is 18.4 Å². The Morgan fingerprint density at radius 1 is 1.47 bits per heavy atom. The lowest BCUT2D eigenvalue weighted by Crippen LogP contribution is -1.86. The number of hydrogen-bond donors (Lipinski definition) is 1. The lowest BCUT2D eigenvalue weighted by molar-refractivity contribution is 0.908. The van der Waals surface area contributed by atoms with Crippen LogP contribution in [-0.2, 0) is 6.42 Å². The molecule has 0 radical (unpaired) electrons. The lowest BCUT2D eigenvalue weighted by atomic mass is 10.1. The average molecular weight is 200 g/mol. The van der Waals surface area contributed by atoms with Gasteiger partial charge in [-0.25, -0.2) is 0 Å². The molecule has 1 rings (SSSR count). The van der Waals surface area contributed by atoms with E-state index in [4.69, 9.17) is 5.26 Å². The number of hydrogen-bond acceptors (Lipinski definition) is 1. The maximum absolute atomic E-state index is 8.90. The van der Waals surface area contributed by atoms with E-state index in [1.807, 2.05) is 31.5 Å². The molecule has 0 amide bonds. The Kier molecular flexibility index (Phi) is 4.43. The molecule has 0 aliphatic carbocycles. The van der Waals surface area contributed by atoms with Crippen LogP contribution in [0, 0.1) is 18.3 Å². The molecule has 0 unspecified atom stereocenters. The first-order valence-corrected chi connectivity index (χ1v) is 5.18. The minimum absolute atomic E-state index is 0.689. The van der Waals surface area contributed by atoms with Crippen molar-refractivity contribution in [3.63, 3.8) is 0 Å². The molecule has 0 aliphatic rings. The first-order valence-electron chi connectivity index (χ1n) is 5.18. The van der Waals surface area contributed by atoms with Gasteiger partial charge in [-0.1, -0.05) is 13.3 Å². The molecule has 0 aromatic carbocycles. The van der Waals surface area contributed by atoms with Gasteiger partial charge in [0.2, 0.25) is 0 Å². The molecule has 0 aliphatic heterocycles. The van der Waals surface area contributed by atoms with E-state index >= 15 is 0 Å². The maximum atomic E-state index is 8.90. The predicted molar refractivity (Wildman–Crippen MR) is 61.9 cm³/mol. The molecule has 2 nitrogen and oxygen atoms in total. The van der Waals surface area contributed by atoms with Crippen molar-refractivity contribution in [3.8, 4) is 6.07 Å². The smallest absolute Gasteiger partial charge is 0.0991 e. The fraction of sp³-hybridized carbons (Fsp3) is 0.308. The van der Waals surface area contributed by atoms with Crippen LogP contribution in [0.2, 0.25) is 0 Å². The molecule has 0 atom stereocenters. The fourth-order valence-corrected chi connectivity index (χ4v) is 1.45. The van der Waals surface area contributed by atoms with Gasteiger partial charge in [0.25, 0.3) is 0 Å². The van der Waals surface area contributed by atoms with Gasteiger partial charge < -0.3 is 4.98 Å². The maximum Gasteiger partial charge on any atom is 0.0991 e. The van der Waals surface area contributed by atoms with Crippen molar-refractivity contribution >= 4 is 0 Å². The number of aromatic nitrogens is 1. The van der Waals surface area contributed by atoms with Crippen molar-refractivity contribution in [2.75, 3.05) is 0 Å². The van der Waals surface area contributed by atoms with Crippen molar-refractivity contribution in [3.05, 3.63) is 47.3 Å². The second kappa shape index (κ2) is 5.87. The van der Waals surface area contributed by atoms with Crippen LogP contribution >= 0.6 is 0 Å². The van der Waals surface area contributed by atoms with Gasteiger partial charge in [0.15, 0.2) is 0 Å². The summed E-state index contributed by atoms with van der Waals surface area (Å²) in [6.45, 7) is 4.19. The Labute approximate surface area is 90.9 Å². The minimum atomic E-state index is 0.689. The summed E-state index contributed by atoms with van der Waals surface area (Å²) in [6, 6.07) is 7.75. The standard InChI is InChI=1S/C13H16N2/c1-3-5-13-10-15-7-4-6-12(9-14)8-11(13)2/h4,6-8,10,15H,3,5H2,1-2H3. The highest BCUT2D eigenvalue weighted by Crippen LogP contribution is 2.07. The first-order chi connectivity index (χ1) is 7.27. The van der Waals surface area contributed by atoms with Crippen LogP contribution in [0.3, 0.4) is 0 Å². The van der Waals surface area contributed by atoms with Crippen LogP contribution in [0.25, 0.3) is 0 Å². The number of nitriles is 1. The topological polar surface area (TPSA) is 39.6 Å². The highest BCUT2D eigenvalue weighted by molar-refractivity contribution is 5.32. The third-order valence-electron chi connectivity index (χ3n) is 2.25. The van der Waals surface area contributed by atoms with Gasteiger partial charge in [-0.2, -0.15) is 5.26 Å². The van der Waals surface area contributed by atoms with E-state index in [1.165, 1.54) is 5.56 Å². The summed E-state index contributed by atoms with van der Waals surface area (Å²) < 4.78 is 0. The van der Waals surface area contributed by atoms with Gasteiger partial charge in [0.05, 0.1) is 11.6 Å². The molecule has 78 valence electrons. The second-order valence-corrected chi connectivity index (χ2v) is 3.51. The van der Waals surface area contributed by atoms with Crippen LogP contribution in [-0.4, -0.2) is 4.98 Å². The Balaban J connectivity index is 3.33. The quantitative estimate of drug-likeness (QED) is 0.781. The molecular formula is C13H16N2. The summed E-state index contributed by atoms with van der Waals surface area (Å²) in [7, 11) is 0. The molecule has 2 heteroatoms. The summed E-state index contributed by atoms with van der Waals surface area (Å²) in [5.41, 5.74) is 3.10. The van der Waals surface area contributed by atoms with Gasteiger partial charge >= 0.3 is 0 Å². The van der Waals surface area contributed by atoms with E-state index in [1.54, 1.807) is 6.07 Å². The van der Waals surface area contributed by atoms with E-state index in [9.17, 15) is 0 Å². The highest BCUT2D eigenvalue weighted by atomic mass is 14.6. The number of H-pyrrole nitrogens is 1. The van der Waals surface area contributed by atoms with Gasteiger partial charge in [-0.05, 0) is 42.7 Å². The lowest BCUT2D eigenvalue weighted by Gasteiger charge is -1.99. The Bertz CT molecular complexity index is 409. The van der Waals surface area contributed by atoms with E-state index in [-0.39, 0.29) is 0 Å².